The van der Waals surface area contributed by atoms with Gasteiger partial charge in [0.2, 0.25) is 0 Å². The highest BCUT2D eigenvalue weighted by Crippen LogP contribution is 2.15. The van der Waals surface area contributed by atoms with Gasteiger partial charge in [-0.3, -0.25) is 9.59 Å². The molecule has 1 heterocycles. The van der Waals surface area contributed by atoms with Gasteiger partial charge >= 0.3 is 11.9 Å². The zero-order valence-corrected chi connectivity index (χ0v) is 8.67. The number of esters is 2. The molecule has 0 spiro atoms. The number of rotatable bonds is 0. The molecule has 1 aliphatic rings. The second-order valence-electron chi connectivity index (χ2n) is 4.10. The average Bonchev–Trinajstić information content (AvgIpc) is 2.08. The molecule has 1 saturated heterocycles. The van der Waals surface area contributed by atoms with Crippen LogP contribution in [0.4, 0.5) is 0 Å². The van der Waals surface area contributed by atoms with Gasteiger partial charge in [0, 0.05) is 12.8 Å². The molecule has 1 fully saturated rings. The molecule has 0 saturated carbocycles. The van der Waals surface area contributed by atoms with E-state index in [-0.39, 0.29) is 18.5 Å². The Balaban J connectivity index is 2.56. The zero-order valence-electron chi connectivity index (χ0n) is 8.67. The quantitative estimate of drug-likeness (QED) is 0.555. The minimum Gasteiger partial charge on any atom is -0.461 e. The normalized spacial score (nSPS) is 23.6. The lowest BCUT2D eigenvalue weighted by Gasteiger charge is -2.25. The third kappa shape index (κ3) is 3.77. The van der Waals surface area contributed by atoms with Crippen molar-refractivity contribution in [2.24, 2.45) is 0 Å². The van der Waals surface area contributed by atoms with Crippen LogP contribution >= 0.6 is 0 Å². The second-order valence-corrected chi connectivity index (χ2v) is 4.10. The predicted molar refractivity (Wildman–Crippen MR) is 49.6 cm³/mol. The number of hydrogen-bond donors (Lipinski definition) is 0. The molecule has 1 aliphatic heterocycles. The van der Waals surface area contributed by atoms with Crippen LogP contribution in [-0.4, -0.2) is 24.1 Å². The van der Waals surface area contributed by atoms with Crippen molar-refractivity contribution in [2.45, 2.75) is 45.1 Å². The van der Waals surface area contributed by atoms with Crippen molar-refractivity contribution in [3.63, 3.8) is 0 Å². The highest BCUT2D eigenvalue weighted by Gasteiger charge is 2.25. The Morgan fingerprint density at radius 1 is 1.07 bits per heavy atom. The topological polar surface area (TPSA) is 52.6 Å². The van der Waals surface area contributed by atoms with Crippen molar-refractivity contribution in [2.75, 3.05) is 6.61 Å². The summed E-state index contributed by atoms with van der Waals surface area (Å²) in [6, 6.07) is 0. The lowest BCUT2D eigenvalue weighted by atomic mass is 10.1. The van der Waals surface area contributed by atoms with Crippen LogP contribution in [0.2, 0.25) is 0 Å². The molecular formula is C10H16O4. The molecule has 0 bridgehead atoms. The Kier molecular flexibility index (Phi) is 3.49. The van der Waals surface area contributed by atoms with Gasteiger partial charge in [-0.05, 0) is 26.7 Å². The molecule has 0 atom stereocenters. The first kappa shape index (κ1) is 11.0. The van der Waals surface area contributed by atoms with Crippen LogP contribution in [-0.2, 0) is 19.1 Å². The van der Waals surface area contributed by atoms with Crippen LogP contribution in [0.25, 0.3) is 0 Å². The molecular weight excluding hydrogens is 184 g/mol. The molecule has 0 amide bonds. The molecule has 0 radical (unpaired) electrons. The molecule has 0 aliphatic carbocycles. The van der Waals surface area contributed by atoms with Crippen molar-refractivity contribution in [3.05, 3.63) is 0 Å². The molecule has 4 nitrogen and oxygen atoms in total. The summed E-state index contributed by atoms with van der Waals surface area (Å²) in [7, 11) is 0. The van der Waals surface area contributed by atoms with E-state index in [4.69, 9.17) is 9.47 Å². The molecule has 4 heteroatoms. The van der Waals surface area contributed by atoms with Crippen LogP contribution in [0.3, 0.4) is 0 Å². The van der Waals surface area contributed by atoms with Crippen molar-refractivity contribution in [1.29, 1.82) is 0 Å². The molecule has 0 N–H and O–H groups in total. The second kappa shape index (κ2) is 4.44. The van der Waals surface area contributed by atoms with Gasteiger partial charge in [0.1, 0.15) is 12.2 Å². The summed E-state index contributed by atoms with van der Waals surface area (Å²) in [6.07, 6.45) is 2.15. The first-order valence-corrected chi connectivity index (χ1v) is 4.87. The summed E-state index contributed by atoms with van der Waals surface area (Å²) in [6.45, 7) is 3.61. The summed E-state index contributed by atoms with van der Waals surface area (Å²) in [4.78, 5) is 22.3. The fraction of sp³-hybridized carbons (Fsp3) is 0.800. The van der Waals surface area contributed by atoms with Gasteiger partial charge in [-0.2, -0.15) is 0 Å². The fourth-order valence-corrected chi connectivity index (χ4v) is 1.25. The number of carbonyl (C=O) groups excluding carboxylic acids is 2. The summed E-state index contributed by atoms with van der Waals surface area (Å²) in [5, 5.41) is 0. The monoisotopic (exact) mass is 200 g/mol. The first-order valence-electron chi connectivity index (χ1n) is 4.87. The maximum atomic E-state index is 11.2. The third-order valence-corrected chi connectivity index (χ3v) is 1.98. The molecule has 0 unspecified atom stereocenters. The number of cyclic esters (lactones) is 2. The minimum atomic E-state index is -0.704. The van der Waals surface area contributed by atoms with Crippen LogP contribution in [0.5, 0.6) is 0 Å². The van der Waals surface area contributed by atoms with E-state index in [2.05, 4.69) is 0 Å². The largest absolute Gasteiger partial charge is 0.461 e. The summed E-state index contributed by atoms with van der Waals surface area (Å²) < 4.78 is 10.1. The smallest absolute Gasteiger partial charge is 0.306 e. The summed E-state index contributed by atoms with van der Waals surface area (Å²) >= 11 is 0. The zero-order chi connectivity index (χ0) is 10.6. The Bertz CT molecular complexity index is 232. The van der Waals surface area contributed by atoms with E-state index in [1.54, 1.807) is 13.8 Å². The van der Waals surface area contributed by atoms with Gasteiger partial charge in [0.05, 0.1) is 0 Å². The Morgan fingerprint density at radius 2 is 1.64 bits per heavy atom. The van der Waals surface area contributed by atoms with E-state index in [1.807, 2.05) is 0 Å². The lowest BCUT2D eigenvalue weighted by molar-refractivity contribution is -0.170. The number of ether oxygens (including phenoxy) is 2. The van der Waals surface area contributed by atoms with Gasteiger partial charge in [-0.25, -0.2) is 0 Å². The SMILES string of the molecule is CC1(C)COC(=O)CCCCC(=O)O1. The van der Waals surface area contributed by atoms with Crippen LogP contribution in [0.1, 0.15) is 39.5 Å². The molecule has 80 valence electrons. The summed E-state index contributed by atoms with van der Waals surface area (Å²) in [5.74, 6) is -0.427. The van der Waals surface area contributed by atoms with Crippen molar-refractivity contribution >= 4 is 11.9 Å². The number of hydrogen-bond acceptors (Lipinski definition) is 4. The van der Waals surface area contributed by atoms with E-state index in [0.717, 1.165) is 0 Å². The Hall–Kier alpha value is -1.06. The first-order chi connectivity index (χ1) is 6.49. The van der Waals surface area contributed by atoms with Gasteiger partial charge < -0.3 is 9.47 Å². The van der Waals surface area contributed by atoms with E-state index in [9.17, 15) is 9.59 Å². The van der Waals surface area contributed by atoms with Crippen LogP contribution in [0, 0.1) is 0 Å². The highest BCUT2D eigenvalue weighted by molar-refractivity contribution is 5.71. The van der Waals surface area contributed by atoms with Crippen molar-refractivity contribution in [3.8, 4) is 0 Å². The standard InChI is InChI=1S/C10H16O4/c1-10(2)7-13-8(11)5-3-4-6-9(12)14-10/h3-7H2,1-2H3. The minimum absolute atomic E-state index is 0.136. The van der Waals surface area contributed by atoms with Crippen molar-refractivity contribution < 1.29 is 19.1 Å². The van der Waals surface area contributed by atoms with E-state index >= 15 is 0 Å². The van der Waals surface area contributed by atoms with E-state index in [0.29, 0.717) is 25.7 Å². The predicted octanol–water partition coefficient (Wildman–Crippen LogP) is 1.43. The molecule has 0 aromatic carbocycles. The van der Waals surface area contributed by atoms with Gasteiger partial charge in [0.25, 0.3) is 0 Å². The summed E-state index contributed by atoms with van der Waals surface area (Å²) in [5.41, 5.74) is -0.704. The van der Waals surface area contributed by atoms with Crippen molar-refractivity contribution in [1.82, 2.24) is 0 Å². The maximum Gasteiger partial charge on any atom is 0.306 e. The highest BCUT2D eigenvalue weighted by atomic mass is 16.6. The number of carbonyl (C=O) groups is 2. The van der Waals surface area contributed by atoms with Gasteiger partial charge in [0.15, 0.2) is 0 Å². The molecule has 0 aromatic rings. The third-order valence-electron chi connectivity index (χ3n) is 1.98. The van der Waals surface area contributed by atoms with Crippen LogP contribution in [0.15, 0.2) is 0 Å². The van der Waals surface area contributed by atoms with Gasteiger partial charge in [-0.1, -0.05) is 0 Å². The Morgan fingerprint density at radius 3 is 2.29 bits per heavy atom. The molecule has 14 heavy (non-hydrogen) atoms. The van der Waals surface area contributed by atoms with Gasteiger partial charge in [-0.15, -0.1) is 0 Å². The average molecular weight is 200 g/mol. The maximum absolute atomic E-state index is 11.2. The van der Waals surface area contributed by atoms with E-state index in [1.165, 1.54) is 0 Å². The lowest BCUT2D eigenvalue weighted by Crippen LogP contribution is -2.35. The van der Waals surface area contributed by atoms with E-state index < -0.39 is 5.60 Å². The Labute approximate surface area is 83.6 Å². The van der Waals surface area contributed by atoms with Crippen LogP contribution < -0.4 is 0 Å². The fourth-order valence-electron chi connectivity index (χ4n) is 1.25. The molecule has 0 aromatic heterocycles. The molecule has 1 rings (SSSR count).